The molecule has 4 aromatic rings. The second-order valence-electron chi connectivity index (χ2n) is 8.93. The van der Waals surface area contributed by atoms with E-state index in [2.05, 4.69) is 10.0 Å². The molecule has 0 aromatic heterocycles. The molecule has 0 heterocycles. The highest BCUT2D eigenvalue weighted by Gasteiger charge is 2.27. The van der Waals surface area contributed by atoms with Gasteiger partial charge >= 0.3 is 0 Å². The van der Waals surface area contributed by atoms with E-state index < -0.39 is 32.5 Å². The van der Waals surface area contributed by atoms with Crippen LogP contribution >= 0.6 is 0 Å². The van der Waals surface area contributed by atoms with Crippen LogP contribution in [0.3, 0.4) is 0 Å². The number of methoxy groups -OCH3 is 2. The third kappa shape index (κ3) is 7.16. The number of sulfonamides is 2. The summed E-state index contributed by atoms with van der Waals surface area (Å²) in [6.45, 7) is 1.35. The Bertz CT molecular complexity index is 1710. The van der Waals surface area contributed by atoms with Crippen molar-refractivity contribution in [3.8, 4) is 11.5 Å². The SMILES string of the molecule is COc1ccc(NS(=O)(=O)c2ccc(NC(=O)CN(c3ccc(C)cc3)S(=O)(=O)c3ccc(OC)cc3)cc2)cc1. The first-order valence-electron chi connectivity index (χ1n) is 12.3. The third-order valence-corrected chi connectivity index (χ3v) is 9.23. The van der Waals surface area contributed by atoms with Crippen molar-refractivity contribution in [3.05, 3.63) is 103 Å². The topological polar surface area (TPSA) is 131 Å². The Kier molecular flexibility index (Phi) is 8.84. The molecule has 4 aromatic carbocycles. The average Bonchev–Trinajstić information content (AvgIpc) is 2.97. The first-order chi connectivity index (χ1) is 19.5. The van der Waals surface area contributed by atoms with Gasteiger partial charge in [0.2, 0.25) is 5.91 Å². The van der Waals surface area contributed by atoms with E-state index in [1.165, 1.54) is 62.8 Å². The lowest BCUT2D eigenvalue weighted by Gasteiger charge is -2.24. The van der Waals surface area contributed by atoms with Gasteiger partial charge < -0.3 is 14.8 Å². The Labute approximate surface area is 239 Å². The number of nitrogens with one attached hydrogen (secondary N) is 2. The normalized spacial score (nSPS) is 11.4. The maximum Gasteiger partial charge on any atom is 0.264 e. The maximum absolute atomic E-state index is 13.6. The van der Waals surface area contributed by atoms with E-state index in [1.54, 1.807) is 48.5 Å². The van der Waals surface area contributed by atoms with Crippen LogP contribution in [0.15, 0.2) is 107 Å². The van der Waals surface area contributed by atoms with Crippen LogP contribution in [-0.2, 0) is 24.8 Å². The maximum atomic E-state index is 13.6. The van der Waals surface area contributed by atoms with Crippen LogP contribution in [0.4, 0.5) is 17.1 Å². The fraction of sp³-hybridized carbons (Fsp3) is 0.138. The van der Waals surface area contributed by atoms with E-state index >= 15 is 0 Å². The van der Waals surface area contributed by atoms with Crippen molar-refractivity contribution < 1.29 is 31.1 Å². The van der Waals surface area contributed by atoms with Crippen molar-refractivity contribution in [2.45, 2.75) is 16.7 Å². The van der Waals surface area contributed by atoms with Gasteiger partial charge in [0.25, 0.3) is 20.0 Å². The highest BCUT2D eigenvalue weighted by Crippen LogP contribution is 2.26. The van der Waals surface area contributed by atoms with E-state index in [0.717, 1.165) is 9.87 Å². The molecule has 4 rings (SSSR count). The predicted octanol–water partition coefficient (Wildman–Crippen LogP) is 4.65. The predicted molar refractivity (Wildman–Crippen MR) is 158 cm³/mol. The van der Waals surface area contributed by atoms with Crippen molar-refractivity contribution in [2.75, 3.05) is 35.1 Å². The van der Waals surface area contributed by atoms with Crippen LogP contribution in [0, 0.1) is 6.92 Å². The summed E-state index contributed by atoms with van der Waals surface area (Å²) in [4.78, 5) is 13.0. The Hall–Kier alpha value is -4.55. The molecule has 0 fully saturated rings. The quantitative estimate of drug-likeness (QED) is 0.258. The molecule has 0 aliphatic heterocycles. The van der Waals surface area contributed by atoms with Gasteiger partial charge in [-0.05, 0) is 91.9 Å². The molecule has 41 heavy (non-hydrogen) atoms. The van der Waals surface area contributed by atoms with Gasteiger partial charge in [-0.3, -0.25) is 13.8 Å². The molecule has 1 amide bonds. The fourth-order valence-electron chi connectivity index (χ4n) is 3.82. The number of nitrogens with zero attached hydrogens (tertiary/aromatic N) is 1. The lowest BCUT2D eigenvalue weighted by atomic mass is 10.2. The van der Waals surface area contributed by atoms with Gasteiger partial charge in [0, 0.05) is 11.4 Å². The van der Waals surface area contributed by atoms with Crippen LogP contribution in [0.2, 0.25) is 0 Å². The van der Waals surface area contributed by atoms with Gasteiger partial charge in [-0.15, -0.1) is 0 Å². The monoisotopic (exact) mass is 595 g/mol. The number of ether oxygens (including phenoxy) is 2. The molecule has 0 spiro atoms. The number of amides is 1. The van der Waals surface area contributed by atoms with Crippen molar-refractivity contribution in [3.63, 3.8) is 0 Å². The molecule has 2 N–H and O–H groups in total. The molecule has 0 aliphatic rings. The summed E-state index contributed by atoms with van der Waals surface area (Å²) in [6.07, 6.45) is 0. The standard InChI is InChI=1S/C29H29N3O7S2/c1-21-4-10-24(11-5-21)32(41(36,37)28-18-14-26(39-3)15-19-28)20-29(33)30-22-8-16-27(17-9-22)40(34,35)31-23-6-12-25(38-2)13-7-23/h4-19,31H,20H2,1-3H3,(H,30,33). The Morgan fingerprint density at radius 1 is 0.683 bits per heavy atom. The minimum Gasteiger partial charge on any atom is -0.497 e. The zero-order chi connectivity index (χ0) is 29.6. The average molecular weight is 596 g/mol. The van der Waals surface area contributed by atoms with Gasteiger partial charge in [0.05, 0.1) is 29.7 Å². The second-order valence-corrected chi connectivity index (χ2v) is 12.5. The summed E-state index contributed by atoms with van der Waals surface area (Å²) >= 11 is 0. The minimum absolute atomic E-state index is 0.00871. The number of anilines is 3. The first kappa shape index (κ1) is 29.4. The molecule has 0 atom stereocenters. The zero-order valence-electron chi connectivity index (χ0n) is 22.6. The summed E-state index contributed by atoms with van der Waals surface area (Å²) in [5.41, 5.74) is 1.89. The van der Waals surface area contributed by atoms with Crippen LogP contribution in [0.25, 0.3) is 0 Å². The minimum atomic E-state index is -4.12. The molecule has 12 heteroatoms. The van der Waals surface area contributed by atoms with E-state index in [4.69, 9.17) is 9.47 Å². The van der Waals surface area contributed by atoms with E-state index in [9.17, 15) is 21.6 Å². The smallest absolute Gasteiger partial charge is 0.264 e. The molecule has 0 unspecified atom stereocenters. The Morgan fingerprint density at radius 2 is 1.17 bits per heavy atom. The van der Waals surface area contributed by atoms with Crippen LogP contribution in [0.1, 0.15) is 5.56 Å². The number of hydrogen-bond donors (Lipinski definition) is 2. The molecular formula is C29H29N3O7S2. The van der Waals surface area contributed by atoms with Crippen LogP contribution in [-0.4, -0.2) is 43.5 Å². The van der Waals surface area contributed by atoms with Crippen LogP contribution in [0.5, 0.6) is 11.5 Å². The fourth-order valence-corrected chi connectivity index (χ4v) is 6.30. The first-order valence-corrected chi connectivity index (χ1v) is 15.2. The van der Waals surface area contributed by atoms with E-state index in [0.29, 0.717) is 28.6 Å². The van der Waals surface area contributed by atoms with Gasteiger partial charge in [-0.2, -0.15) is 0 Å². The lowest BCUT2D eigenvalue weighted by Crippen LogP contribution is -2.38. The summed E-state index contributed by atoms with van der Waals surface area (Å²) in [7, 11) is -5.02. The van der Waals surface area contributed by atoms with Gasteiger partial charge in [0.15, 0.2) is 0 Å². The third-order valence-electron chi connectivity index (χ3n) is 6.05. The lowest BCUT2D eigenvalue weighted by molar-refractivity contribution is -0.114. The van der Waals surface area contributed by atoms with Crippen molar-refractivity contribution >= 4 is 43.0 Å². The summed E-state index contributed by atoms with van der Waals surface area (Å²) < 4.78 is 66.4. The number of benzene rings is 4. The number of carbonyl (C=O) groups is 1. The molecule has 0 saturated heterocycles. The second kappa shape index (κ2) is 12.3. The summed E-state index contributed by atoms with van der Waals surface area (Å²) in [6, 6.07) is 24.6. The highest BCUT2D eigenvalue weighted by atomic mass is 32.2. The molecule has 0 radical (unpaired) electrons. The molecular weight excluding hydrogens is 566 g/mol. The van der Waals surface area contributed by atoms with Crippen molar-refractivity contribution in [1.82, 2.24) is 0 Å². The van der Waals surface area contributed by atoms with Crippen molar-refractivity contribution in [2.24, 2.45) is 0 Å². The van der Waals surface area contributed by atoms with Gasteiger partial charge in [-0.25, -0.2) is 16.8 Å². The number of aryl methyl sites for hydroxylation is 1. The molecule has 0 saturated carbocycles. The largest absolute Gasteiger partial charge is 0.497 e. The molecule has 10 nitrogen and oxygen atoms in total. The van der Waals surface area contributed by atoms with Crippen molar-refractivity contribution in [1.29, 1.82) is 0 Å². The Balaban J connectivity index is 1.51. The van der Waals surface area contributed by atoms with E-state index in [1.807, 2.05) is 6.92 Å². The molecule has 214 valence electrons. The van der Waals surface area contributed by atoms with Gasteiger partial charge in [-0.1, -0.05) is 17.7 Å². The highest BCUT2D eigenvalue weighted by molar-refractivity contribution is 7.93. The summed E-state index contributed by atoms with van der Waals surface area (Å²) in [5, 5.41) is 2.64. The number of rotatable bonds is 11. The number of carbonyl (C=O) groups excluding carboxylic acids is 1. The number of hydrogen-bond acceptors (Lipinski definition) is 7. The van der Waals surface area contributed by atoms with Gasteiger partial charge in [0.1, 0.15) is 18.0 Å². The zero-order valence-corrected chi connectivity index (χ0v) is 24.2. The van der Waals surface area contributed by atoms with E-state index in [-0.39, 0.29) is 9.79 Å². The molecule has 0 aliphatic carbocycles. The Morgan fingerprint density at radius 3 is 1.71 bits per heavy atom. The molecule has 0 bridgehead atoms. The summed E-state index contributed by atoms with van der Waals surface area (Å²) in [5.74, 6) is 0.466. The van der Waals surface area contributed by atoms with Crippen LogP contribution < -0.4 is 23.8 Å².